The Labute approximate surface area is 198 Å². The number of carboxylic acid groups (broad SMARTS) is 1. The number of fused-ring (bicyclic) bond motifs is 3. The number of methoxy groups -OCH3 is 1. The van der Waals surface area contributed by atoms with Gasteiger partial charge in [0.05, 0.1) is 6.10 Å². The topological polar surface area (TPSA) is 105 Å². The molecule has 0 aromatic heterocycles. The fourth-order valence-corrected chi connectivity index (χ4v) is 4.91. The Morgan fingerprint density at radius 1 is 1.06 bits per heavy atom. The molecule has 8 heteroatoms. The zero-order valence-corrected chi connectivity index (χ0v) is 19.4. The number of alkyl carbamates (subject to hydrolysis) is 1. The average molecular weight is 467 g/mol. The number of nitrogens with zero attached hydrogens (tertiary/aromatic N) is 1. The second kappa shape index (κ2) is 10.3. The minimum absolute atomic E-state index is 0.106. The summed E-state index contributed by atoms with van der Waals surface area (Å²) < 4.78 is 10.9. The molecule has 2 N–H and O–H groups in total. The lowest BCUT2D eigenvalue weighted by atomic mass is 9.98. The van der Waals surface area contributed by atoms with Crippen molar-refractivity contribution in [3.8, 4) is 11.1 Å². The molecule has 1 aliphatic carbocycles. The van der Waals surface area contributed by atoms with Crippen LogP contribution in [0.2, 0.25) is 0 Å². The monoisotopic (exact) mass is 466 g/mol. The molecule has 8 nitrogen and oxygen atoms in total. The van der Waals surface area contributed by atoms with E-state index in [1.54, 1.807) is 6.92 Å². The van der Waals surface area contributed by atoms with Crippen molar-refractivity contribution in [2.75, 3.05) is 20.3 Å². The van der Waals surface area contributed by atoms with E-state index >= 15 is 0 Å². The van der Waals surface area contributed by atoms with Gasteiger partial charge in [0.1, 0.15) is 18.7 Å². The Bertz CT molecular complexity index is 1030. The molecule has 34 heavy (non-hydrogen) atoms. The van der Waals surface area contributed by atoms with Crippen molar-refractivity contribution in [1.82, 2.24) is 10.2 Å². The molecule has 0 spiro atoms. The number of amides is 2. The number of nitrogens with one attached hydrogen (secondary N) is 1. The first-order chi connectivity index (χ1) is 16.4. The van der Waals surface area contributed by atoms with E-state index in [1.165, 1.54) is 12.0 Å². The SMILES string of the molecule is CO[C@H](C)[C@H](NC(=O)OCC1c2ccccc2-c2ccccc21)C(=O)N1CCCCC1C(=O)O. The molecule has 0 bridgehead atoms. The number of aliphatic carboxylic acids is 1. The van der Waals surface area contributed by atoms with Gasteiger partial charge in [-0.1, -0.05) is 48.5 Å². The van der Waals surface area contributed by atoms with Gasteiger partial charge in [0.15, 0.2) is 0 Å². The molecule has 1 saturated heterocycles. The van der Waals surface area contributed by atoms with Gasteiger partial charge in [0.25, 0.3) is 0 Å². The quantitative estimate of drug-likeness (QED) is 0.648. The number of carbonyl (C=O) groups is 3. The van der Waals surface area contributed by atoms with Crippen molar-refractivity contribution in [3.63, 3.8) is 0 Å². The standard InChI is InChI=1S/C26H30N2O6/c1-16(33-2)23(24(29)28-14-8-7-13-22(28)25(30)31)27-26(32)34-15-21-19-11-5-3-9-17(19)18-10-4-6-12-20(18)21/h3-6,9-12,16,21-23H,7-8,13-15H2,1-2H3,(H,27,32)(H,30,31)/t16-,22?,23+/m1/s1. The highest BCUT2D eigenvalue weighted by Gasteiger charge is 2.39. The Balaban J connectivity index is 1.46. The van der Waals surface area contributed by atoms with Crippen LogP contribution in [0.25, 0.3) is 11.1 Å². The zero-order valence-electron chi connectivity index (χ0n) is 19.4. The van der Waals surface area contributed by atoms with Crippen LogP contribution >= 0.6 is 0 Å². The van der Waals surface area contributed by atoms with E-state index in [1.807, 2.05) is 36.4 Å². The highest BCUT2D eigenvalue weighted by molar-refractivity contribution is 5.90. The van der Waals surface area contributed by atoms with E-state index in [0.717, 1.165) is 28.7 Å². The Morgan fingerprint density at radius 2 is 1.68 bits per heavy atom. The van der Waals surface area contributed by atoms with Crippen molar-refractivity contribution in [2.24, 2.45) is 0 Å². The Hall–Kier alpha value is -3.39. The highest BCUT2D eigenvalue weighted by Crippen LogP contribution is 2.44. The van der Waals surface area contributed by atoms with Crippen molar-refractivity contribution in [1.29, 1.82) is 0 Å². The largest absolute Gasteiger partial charge is 0.480 e. The molecule has 1 heterocycles. The third-order valence-electron chi connectivity index (χ3n) is 6.80. The number of benzene rings is 2. The molecule has 4 rings (SSSR count). The summed E-state index contributed by atoms with van der Waals surface area (Å²) in [5.41, 5.74) is 4.43. The molecule has 2 amide bonds. The number of likely N-dealkylation sites (tertiary alicyclic amines) is 1. The van der Waals surface area contributed by atoms with Crippen LogP contribution in [0.3, 0.4) is 0 Å². The van der Waals surface area contributed by atoms with Crippen molar-refractivity contribution < 1.29 is 29.0 Å². The molecule has 3 atom stereocenters. The van der Waals surface area contributed by atoms with Crippen molar-refractivity contribution >= 4 is 18.0 Å². The maximum atomic E-state index is 13.2. The van der Waals surface area contributed by atoms with Crippen LogP contribution in [0.4, 0.5) is 4.79 Å². The van der Waals surface area contributed by atoms with Gasteiger partial charge in [0, 0.05) is 19.6 Å². The third kappa shape index (κ3) is 4.63. The summed E-state index contributed by atoms with van der Waals surface area (Å²) in [6, 6.07) is 14.1. The van der Waals surface area contributed by atoms with Gasteiger partial charge in [-0.2, -0.15) is 0 Å². The number of carboxylic acids is 1. The summed E-state index contributed by atoms with van der Waals surface area (Å²) in [4.78, 5) is 39.0. The van der Waals surface area contributed by atoms with Gasteiger partial charge in [0.2, 0.25) is 5.91 Å². The first kappa shape index (κ1) is 23.8. The van der Waals surface area contributed by atoms with Gasteiger partial charge < -0.3 is 24.8 Å². The van der Waals surface area contributed by atoms with Crippen LogP contribution in [-0.2, 0) is 19.1 Å². The maximum absolute atomic E-state index is 13.2. The zero-order chi connectivity index (χ0) is 24.2. The van der Waals surface area contributed by atoms with E-state index in [2.05, 4.69) is 17.4 Å². The van der Waals surface area contributed by atoms with Gasteiger partial charge in [-0.05, 0) is 48.4 Å². The van der Waals surface area contributed by atoms with Gasteiger partial charge >= 0.3 is 12.1 Å². The molecule has 1 aliphatic heterocycles. The number of carbonyl (C=O) groups excluding carboxylic acids is 2. The lowest BCUT2D eigenvalue weighted by Gasteiger charge is -2.36. The van der Waals surface area contributed by atoms with E-state index < -0.39 is 36.2 Å². The fourth-order valence-electron chi connectivity index (χ4n) is 4.91. The minimum atomic E-state index is -1.05. The summed E-state index contributed by atoms with van der Waals surface area (Å²) in [6.07, 6.45) is 0.442. The summed E-state index contributed by atoms with van der Waals surface area (Å²) >= 11 is 0. The van der Waals surface area contributed by atoms with Crippen LogP contribution in [0.5, 0.6) is 0 Å². The van der Waals surface area contributed by atoms with Gasteiger partial charge in [-0.25, -0.2) is 9.59 Å². The van der Waals surface area contributed by atoms with Crippen LogP contribution < -0.4 is 5.32 Å². The lowest BCUT2D eigenvalue weighted by molar-refractivity contribution is -0.154. The van der Waals surface area contributed by atoms with Crippen LogP contribution in [0.1, 0.15) is 43.2 Å². The van der Waals surface area contributed by atoms with Crippen LogP contribution in [0, 0.1) is 0 Å². The van der Waals surface area contributed by atoms with E-state index in [4.69, 9.17) is 9.47 Å². The first-order valence-electron chi connectivity index (χ1n) is 11.6. The molecule has 1 fully saturated rings. The van der Waals surface area contributed by atoms with Gasteiger partial charge in [-0.15, -0.1) is 0 Å². The fraction of sp³-hybridized carbons (Fsp3) is 0.423. The molecule has 180 valence electrons. The number of hydrogen-bond acceptors (Lipinski definition) is 5. The second-order valence-electron chi connectivity index (χ2n) is 8.77. The molecule has 1 unspecified atom stereocenters. The molecular formula is C26H30N2O6. The molecule has 2 aromatic carbocycles. The van der Waals surface area contributed by atoms with Gasteiger partial charge in [-0.3, -0.25) is 4.79 Å². The summed E-state index contributed by atoms with van der Waals surface area (Å²) in [7, 11) is 1.44. The number of piperidine rings is 1. The van der Waals surface area contributed by atoms with E-state index in [9.17, 15) is 19.5 Å². The highest BCUT2D eigenvalue weighted by atomic mass is 16.5. The third-order valence-corrected chi connectivity index (χ3v) is 6.80. The lowest BCUT2D eigenvalue weighted by Crippen LogP contribution is -2.59. The molecular weight excluding hydrogens is 436 g/mol. The molecule has 2 aliphatic rings. The Kier molecular flexibility index (Phi) is 7.17. The average Bonchev–Trinajstić information content (AvgIpc) is 3.18. The molecule has 0 saturated carbocycles. The van der Waals surface area contributed by atoms with Crippen LogP contribution in [0.15, 0.2) is 48.5 Å². The van der Waals surface area contributed by atoms with E-state index in [-0.39, 0.29) is 12.5 Å². The first-order valence-corrected chi connectivity index (χ1v) is 11.6. The molecule has 2 aromatic rings. The Morgan fingerprint density at radius 3 is 2.26 bits per heavy atom. The normalized spacial score (nSPS) is 19.0. The number of hydrogen-bond donors (Lipinski definition) is 2. The second-order valence-corrected chi connectivity index (χ2v) is 8.77. The predicted molar refractivity (Wildman–Crippen MR) is 125 cm³/mol. The molecule has 0 radical (unpaired) electrons. The maximum Gasteiger partial charge on any atom is 0.407 e. The summed E-state index contributed by atoms with van der Waals surface area (Å²) in [5, 5.41) is 12.2. The predicted octanol–water partition coefficient (Wildman–Crippen LogP) is 3.39. The van der Waals surface area contributed by atoms with Crippen LogP contribution in [-0.4, -0.2) is 66.4 Å². The number of ether oxygens (including phenoxy) is 2. The minimum Gasteiger partial charge on any atom is -0.480 e. The van der Waals surface area contributed by atoms with Crippen molar-refractivity contribution in [2.45, 2.75) is 50.3 Å². The summed E-state index contributed by atoms with van der Waals surface area (Å²) in [5.74, 6) is -1.63. The summed E-state index contributed by atoms with van der Waals surface area (Å²) in [6.45, 7) is 2.10. The van der Waals surface area contributed by atoms with E-state index in [0.29, 0.717) is 19.4 Å². The van der Waals surface area contributed by atoms with Crippen molar-refractivity contribution in [3.05, 3.63) is 59.7 Å². The number of rotatable bonds is 7. The smallest absolute Gasteiger partial charge is 0.407 e.